The molecule has 0 atom stereocenters. The molecule has 2 rings (SSSR count). The average molecular weight is 210 g/mol. The minimum absolute atomic E-state index is 0.252. The van der Waals surface area contributed by atoms with Gasteiger partial charge in [0.15, 0.2) is 0 Å². The minimum Gasteiger partial charge on any atom is -0.467 e. The largest absolute Gasteiger partial charge is 0.467 e. The maximum Gasteiger partial charge on any atom is 0.324 e. The van der Waals surface area contributed by atoms with E-state index < -0.39 is 0 Å². The molecule has 0 aliphatic heterocycles. The molecule has 1 saturated carbocycles. The summed E-state index contributed by atoms with van der Waals surface area (Å²) in [5.74, 6) is 0.455. The van der Waals surface area contributed by atoms with Crippen molar-refractivity contribution >= 4 is 5.95 Å². The highest BCUT2D eigenvalue weighted by molar-refractivity contribution is 5.26. The predicted molar refractivity (Wildman–Crippen MR) is 54.2 cm³/mol. The number of nitrogens with zero attached hydrogens (tertiary/aromatic N) is 3. The number of hydrogen-bond donors (Lipinski definition) is 1. The molecule has 1 N–H and O–H groups in total. The Morgan fingerprint density at radius 3 is 2.47 bits per heavy atom. The zero-order valence-electron chi connectivity index (χ0n) is 8.86. The van der Waals surface area contributed by atoms with Crippen molar-refractivity contribution in [2.24, 2.45) is 0 Å². The molecule has 0 spiro atoms. The Balaban J connectivity index is 2.13. The smallest absolute Gasteiger partial charge is 0.324 e. The second kappa shape index (κ2) is 4.29. The average Bonchev–Trinajstić information content (AvgIpc) is 2.23. The Morgan fingerprint density at radius 2 is 1.93 bits per heavy atom. The first kappa shape index (κ1) is 9.95. The lowest BCUT2D eigenvalue weighted by molar-refractivity contribution is 0.107. The van der Waals surface area contributed by atoms with Gasteiger partial charge >= 0.3 is 12.0 Å². The van der Waals surface area contributed by atoms with Gasteiger partial charge in [-0.2, -0.15) is 9.97 Å². The van der Waals surface area contributed by atoms with Gasteiger partial charge in [-0.05, 0) is 19.3 Å². The zero-order chi connectivity index (χ0) is 10.7. The van der Waals surface area contributed by atoms with Crippen LogP contribution in [-0.4, -0.2) is 35.2 Å². The topological polar surface area (TPSA) is 69.2 Å². The van der Waals surface area contributed by atoms with Gasteiger partial charge < -0.3 is 14.8 Å². The van der Waals surface area contributed by atoms with Gasteiger partial charge in [0.2, 0.25) is 5.95 Å². The van der Waals surface area contributed by atoms with Crippen molar-refractivity contribution in [1.29, 1.82) is 0 Å². The number of ether oxygens (including phenoxy) is 2. The first-order valence-corrected chi connectivity index (χ1v) is 4.96. The van der Waals surface area contributed by atoms with Gasteiger partial charge in [0, 0.05) is 7.05 Å². The predicted octanol–water partition coefficient (Wildman–Crippen LogP) is 0.853. The van der Waals surface area contributed by atoms with Gasteiger partial charge in [0.1, 0.15) is 6.10 Å². The molecule has 1 aromatic rings. The Kier molecular flexibility index (Phi) is 2.84. The second-order valence-electron chi connectivity index (χ2n) is 3.35. The Labute approximate surface area is 88.1 Å². The fourth-order valence-corrected chi connectivity index (χ4v) is 1.23. The molecule has 6 heteroatoms. The van der Waals surface area contributed by atoms with Crippen molar-refractivity contribution < 1.29 is 9.47 Å². The van der Waals surface area contributed by atoms with Crippen LogP contribution in [0.25, 0.3) is 0 Å². The molecular formula is C9H14N4O2. The van der Waals surface area contributed by atoms with Gasteiger partial charge in [-0.3, -0.25) is 0 Å². The van der Waals surface area contributed by atoms with Crippen molar-refractivity contribution in [2.45, 2.75) is 25.4 Å². The highest BCUT2D eigenvalue weighted by Crippen LogP contribution is 2.24. The van der Waals surface area contributed by atoms with E-state index in [1.54, 1.807) is 7.05 Å². The number of nitrogens with one attached hydrogen (secondary N) is 1. The summed E-state index contributed by atoms with van der Waals surface area (Å²) in [6, 6.07) is 0.597. The maximum atomic E-state index is 5.55. The van der Waals surface area contributed by atoms with Crippen LogP contribution in [0.2, 0.25) is 0 Å². The van der Waals surface area contributed by atoms with E-state index in [4.69, 9.17) is 9.47 Å². The van der Waals surface area contributed by atoms with Gasteiger partial charge in [0.05, 0.1) is 7.11 Å². The van der Waals surface area contributed by atoms with Gasteiger partial charge in [0.25, 0.3) is 0 Å². The molecule has 0 radical (unpaired) electrons. The summed E-state index contributed by atoms with van der Waals surface area (Å²) in [4.78, 5) is 12.1. The maximum absolute atomic E-state index is 5.55. The third-order valence-corrected chi connectivity index (χ3v) is 2.32. The van der Waals surface area contributed by atoms with Crippen molar-refractivity contribution in [1.82, 2.24) is 15.0 Å². The van der Waals surface area contributed by atoms with Gasteiger partial charge in [-0.1, -0.05) is 0 Å². The highest BCUT2D eigenvalue weighted by atomic mass is 16.5. The molecule has 0 saturated heterocycles. The van der Waals surface area contributed by atoms with Crippen LogP contribution in [0.1, 0.15) is 19.3 Å². The molecular weight excluding hydrogens is 196 g/mol. The molecule has 1 fully saturated rings. The highest BCUT2D eigenvalue weighted by Gasteiger charge is 2.21. The summed E-state index contributed by atoms with van der Waals surface area (Å²) >= 11 is 0. The minimum atomic E-state index is 0.252. The van der Waals surface area contributed by atoms with Crippen LogP contribution < -0.4 is 14.8 Å². The molecule has 1 aromatic heterocycles. The number of hydrogen-bond acceptors (Lipinski definition) is 6. The third kappa shape index (κ3) is 2.26. The first-order chi connectivity index (χ1) is 7.31. The summed E-state index contributed by atoms with van der Waals surface area (Å²) in [5.41, 5.74) is 0. The van der Waals surface area contributed by atoms with Gasteiger partial charge in [-0.25, -0.2) is 0 Å². The summed E-state index contributed by atoms with van der Waals surface area (Å²) in [6.45, 7) is 0. The Bertz CT molecular complexity index is 319. The fourth-order valence-electron chi connectivity index (χ4n) is 1.23. The van der Waals surface area contributed by atoms with Crippen LogP contribution in [0, 0.1) is 0 Å². The molecule has 0 amide bonds. The lowest BCUT2D eigenvalue weighted by atomic mass is 9.96. The van der Waals surface area contributed by atoms with E-state index in [-0.39, 0.29) is 12.1 Å². The zero-order valence-corrected chi connectivity index (χ0v) is 8.86. The lowest BCUT2D eigenvalue weighted by Crippen LogP contribution is -2.25. The van der Waals surface area contributed by atoms with Crippen molar-refractivity contribution in [3.05, 3.63) is 0 Å². The summed E-state index contributed by atoms with van der Waals surface area (Å²) in [5, 5.41) is 2.83. The van der Waals surface area contributed by atoms with Crippen LogP contribution in [0.5, 0.6) is 12.0 Å². The monoisotopic (exact) mass is 210 g/mol. The van der Waals surface area contributed by atoms with E-state index in [1.807, 2.05) is 0 Å². The van der Waals surface area contributed by atoms with Crippen LogP contribution >= 0.6 is 0 Å². The van der Waals surface area contributed by atoms with Crippen LogP contribution in [0.15, 0.2) is 0 Å². The van der Waals surface area contributed by atoms with Crippen LogP contribution in [-0.2, 0) is 0 Å². The van der Waals surface area contributed by atoms with Crippen molar-refractivity contribution in [2.75, 3.05) is 19.5 Å². The summed E-state index contributed by atoms with van der Waals surface area (Å²) in [6.07, 6.45) is 3.61. The van der Waals surface area contributed by atoms with Crippen LogP contribution in [0.3, 0.4) is 0 Å². The van der Waals surface area contributed by atoms with E-state index in [0.29, 0.717) is 12.0 Å². The summed E-state index contributed by atoms with van der Waals surface area (Å²) < 4.78 is 10.5. The molecule has 0 bridgehead atoms. The summed E-state index contributed by atoms with van der Waals surface area (Å²) in [7, 11) is 3.25. The molecule has 6 nitrogen and oxygen atoms in total. The number of anilines is 1. The Hall–Kier alpha value is -1.59. The first-order valence-electron chi connectivity index (χ1n) is 4.96. The molecule has 15 heavy (non-hydrogen) atoms. The number of aromatic nitrogens is 3. The third-order valence-electron chi connectivity index (χ3n) is 2.32. The van der Waals surface area contributed by atoms with E-state index in [9.17, 15) is 0 Å². The molecule has 0 aromatic carbocycles. The van der Waals surface area contributed by atoms with E-state index >= 15 is 0 Å². The van der Waals surface area contributed by atoms with Crippen molar-refractivity contribution in [3.63, 3.8) is 0 Å². The second-order valence-corrected chi connectivity index (χ2v) is 3.35. The quantitative estimate of drug-likeness (QED) is 0.794. The Morgan fingerprint density at radius 1 is 1.20 bits per heavy atom. The molecule has 1 aliphatic rings. The fraction of sp³-hybridized carbons (Fsp3) is 0.667. The molecule has 1 aliphatic carbocycles. The lowest BCUT2D eigenvalue weighted by Gasteiger charge is -2.25. The molecule has 1 heterocycles. The number of methoxy groups -OCH3 is 1. The van der Waals surface area contributed by atoms with E-state index in [2.05, 4.69) is 20.3 Å². The normalized spacial score (nSPS) is 15.6. The standard InChI is InChI=1S/C9H14N4O2/c1-10-7-11-8(14-2)13-9(12-7)15-6-4-3-5-6/h6H,3-5H2,1-2H3,(H,10,11,12,13). The van der Waals surface area contributed by atoms with E-state index in [1.165, 1.54) is 13.5 Å². The molecule has 0 unspecified atom stereocenters. The number of rotatable bonds is 4. The van der Waals surface area contributed by atoms with Gasteiger partial charge in [-0.15, -0.1) is 4.98 Å². The van der Waals surface area contributed by atoms with Crippen LogP contribution in [0.4, 0.5) is 5.95 Å². The SMILES string of the molecule is CNc1nc(OC)nc(OC2CCC2)n1. The van der Waals surface area contributed by atoms with Crippen molar-refractivity contribution in [3.8, 4) is 12.0 Å². The molecule has 82 valence electrons. The van der Waals surface area contributed by atoms with E-state index in [0.717, 1.165) is 12.8 Å².